The van der Waals surface area contributed by atoms with Gasteiger partial charge in [-0.1, -0.05) is 0 Å². The van der Waals surface area contributed by atoms with Crippen molar-refractivity contribution in [3.05, 3.63) is 35.7 Å². The average molecular weight is 247 g/mol. The minimum Gasteiger partial charge on any atom is -0.333 e. The maximum atomic E-state index is 4.47. The lowest BCUT2D eigenvalue weighted by atomic mass is 10.3. The molecule has 5 nitrogen and oxygen atoms in total. The van der Waals surface area contributed by atoms with E-state index in [9.17, 15) is 0 Å². The highest BCUT2D eigenvalue weighted by molar-refractivity contribution is 5.06. The van der Waals surface area contributed by atoms with E-state index in [-0.39, 0.29) is 0 Å². The molecule has 0 amide bonds. The van der Waals surface area contributed by atoms with E-state index in [2.05, 4.69) is 37.6 Å². The van der Waals surface area contributed by atoms with Crippen molar-refractivity contribution in [2.75, 3.05) is 7.05 Å². The number of aromatic nitrogens is 4. The first-order chi connectivity index (χ1) is 8.70. The number of aryl methyl sites for hydroxylation is 4. The third-order valence-electron chi connectivity index (χ3n) is 3.03. The van der Waals surface area contributed by atoms with Gasteiger partial charge in [-0.25, -0.2) is 4.98 Å². The van der Waals surface area contributed by atoms with Gasteiger partial charge in [0.15, 0.2) is 0 Å². The summed E-state index contributed by atoms with van der Waals surface area (Å²) in [6, 6.07) is 2.11. The Hall–Kier alpha value is -1.62. The molecule has 0 aromatic carbocycles. The highest BCUT2D eigenvalue weighted by Crippen LogP contribution is 2.05. The maximum Gasteiger partial charge on any atom is 0.0948 e. The summed E-state index contributed by atoms with van der Waals surface area (Å²) in [6.45, 7) is 6.93. The van der Waals surface area contributed by atoms with Gasteiger partial charge in [-0.2, -0.15) is 5.10 Å². The summed E-state index contributed by atoms with van der Waals surface area (Å²) in [6.07, 6.45) is 4.88. The van der Waals surface area contributed by atoms with E-state index >= 15 is 0 Å². The third-order valence-corrected chi connectivity index (χ3v) is 3.03. The number of nitrogens with one attached hydrogen (secondary N) is 1. The van der Waals surface area contributed by atoms with Crippen LogP contribution < -0.4 is 5.32 Å². The van der Waals surface area contributed by atoms with E-state index in [1.54, 1.807) is 0 Å². The zero-order valence-electron chi connectivity index (χ0n) is 11.3. The summed E-state index contributed by atoms with van der Waals surface area (Å²) in [5.41, 5.74) is 3.55. The second kappa shape index (κ2) is 5.82. The highest BCUT2D eigenvalue weighted by Gasteiger charge is 2.03. The first-order valence-electron chi connectivity index (χ1n) is 6.35. The lowest BCUT2D eigenvalue weighted by Crippen LogP contribution is -2.12. The van der Waals surface area contributed by atoms with Crippen molar-refractivity contribution >= 4 is 0 Å². The zero-order chi connectivity index (χ0) is 13.0. The van der Waals surface area contributed by atoms with Gasteiger partial charge < -0.3 is 9.88 Å². The van der Waals surface area contributed by atoms with Crippen LogP contribution >= 0.6 is 0 Å². The van der Waals surface area contributed by atoms with Gasteiger partial charge in [0.1, 0.15) is 0 Å². The van der Waals surface area contributed by atoms with Gasteiger partial charge in [0.05, 0.1) is 17.7 Å². The summed E-state index contributed by atoms with van der Waals surface area (Å²) in [5.74, 6) is 0. The van der Waals surface area contributed by atoms with Crippen LogP contribution in [-0.4, -0.2) is 26.4 Å². The van der Waals surface area contributed by atoms with Crippen molar-refractivity contribution < 1.29 is 0 Å². The monoisotopic (exact) mass is 247 g/mol. The van der Waals surface area contributed by atoms with E-state index in [1.165, 1.54) is 11.4 Å². The van der Waals surface area contributed by atoms with Crippen molar-refractivity contribution in [3.63, 3.8) is 0 Å². The Bertz CT molecular complexity index is 497. The van der Waals surface area contributed by atoms with Gasteiger partial charge in [-0.3, -0.25) is 4.68 Å². The molecule has 2 heterocycles. The van der Waals surface area contributed by atoms with E-state index in [1.807, 2.05) is 26.5 Å². The molecule has 2 rings (SSSR count). The minimum atomic E-state index is 0.861. The number of nitrogens with zero attached hydrogens (tertiary/aromatic N) is 4. The fourth-order valence-corrected chi connectivity index (χ4v) is 2.17. The Kier molecular flexibility index (Phi) is 4.15. The molecule has 0 bridgehead atoms. The van der Waals surface area contributed by atoms with Crippen molar-refractivity contribution in [1.29, 1.82) is 0 Å². The lowest BCUT2D eigenvalue weighted by molar-refractivity contribution is 0.506. The molecule has 0 spiro atoms. The Morgan fingerprint density at radius 2 is 2.11 bits per heavy atom. The molecule has 0 unspecified atom stereocenters. The van der Waals surface area contributed by atoms with Crippen LogP contribution in [-0.2, 0) is 19.6 Å². The predicted octanol–water partition coefficient (Wildman–Crippen LogP) is 1.51. The van der Waals surface area contributed by atoms with Gasteiger partial charge in [0.2, 0.25) is 0 Å². The number of imidazole rings is 1. The van der Waals surface area contributed by atoms with E-state index < -0.39 is 0 Å². The van der Waals surface area contributed by atoms with Crippen molar-refractivity contribution in [2.45, 2.75) is 39.9 Å². The molecule has 1 N–H and O–H groups in total. The molecule has 0 saturated heterocycles. The van der Waals surface area contributed by atoms with Crippen molar-refractivity contribution in [2.24, 2.45) is 0 Å². The van der Waals surface area contributed by atoms with Gasteiger partial charge in [-0.05, 0) is 33.4 Å². The van der Waals surface area contributed by atoms with Crippen molar-refractivity contribution in [3.8, 4) is 0 Å². The van der Waals surface area contributed by atoms with E-state index in [0.717, 1.165) is 31.7 Å². The van der Waals surface area contributed by atoms with Gasteiger partial charge in [0.25, 0.3) is 0 Å². The zero-order valence-corrected chi connectivity index (χ0v) is 11.3. The summed E-state index contributed by atoms with van der Waals surface area (Å²) < 4.78 is 4.27. The maximum absolute atomic E-state index is 4.47. The molecule has 2 aromatic heterocycles. The molecular weight excluding hydrogens is 226 g/mol. The topological polar surface area (TPSA) is 47.7 Å². The first-order valence-corrected chi connectivity index (χ1v) is 6.35. The van der Waals surface area contributed by atoms with Crippen molar-refractivity contribution in [1.82, 2.24) is 24.6 Å². The molecule has 5 heteroatoms. The SMILES string of the molecule is CNCc1cncn1CCCn1nc(C)cc1C. The summed E-state index contributed by atoms with van der Waals surface area (Å²) in [4.78, 5) is 4.19. The van der Waals surface area contributed by atoms with E-state index in [4.69, 9.17) is 0 Å². The second-order valence-corrected chi connectivity index (χ2v) is 4.61. The number of rotatable bonds is 6. The fraction of sp³-hybridized carbons (Fsp3) is 0.538. The molecule has 0 radical (unpaired) electrons. The lowest BCUT2D eigenvalue weighted by Gasteiger charge is -2.08. The van der Waals surface area contributed by atoms with Crippen LogP contribution in [0.4, 0.5) is 0 Å². The minimum absolute atomic E-state index is 0.861. The molecule has 18 heavy (non-hydrogen) atoms. The smallest absolute Gasteiger partial charge is 0.0948 e. The van der Waals surface area contributed by atoms with Crippen LogP contribution in [0.2, 0.25) is 0 Å². The largest absolute Gasteiger partial charge is 0.333 e. The first kappa shape index (κ1) is 12.8. The predicted molar refractivity (Wildman–Crippen MR) is 71.3 cm³/mol. The average Bonchev–Trinajstić information content (AvgIpc) is 2.88. The molecule has 0 aliphatic carbocycles. The highest BCUT2D eigenvalue weighted by atomic mass is 15.3. The molecule has 2 aromatic rings. The quantitative estimate of drug-likeness (QED) is 0.841. The van der Waals surface area contributed by atoms with Gasteiger partial charge in [0, 0.05) is 31.5 Å². The molecule has 0 atom stereocenters. The molecule has 98 valence electrons. The summed E-state index contributed by atoms with van der Waals surface area (Å²) in [7, 11) is 1.95. The standard InChI is InChI=1S/C13H21N5/c1-11-7-12(2)18(16-11)6-4-5-17-10-15-9-13(17)8-14-3/h7,9-10,14H,4-6,8H2,1-3H3. The summed E-state index contributed by atoms with van der Waals surface area (Å²) in [5, 5.41) is 7.62. The van der Waals surface area contributed by atoms with Crippen LogP contribution in [0, 0.1) is 13.8 Å². The van der Waals surface area contributed by atoms with Crippen LogP contribution in [0.3, 0.4) is 0 Å². The molecular formula is C13H21N5. The Balaban J connectivity index is 1.88. The van der Waals surface area contributed by atoms with Crippen LogP contribution in [0.1, 0.15) is 23.5 Å². The Morgan fingerprint density at radius 3 is 2.78 bits per heavy atom. The van der Waals surface area contributed by atoms with Gasteiger partial charge in [-0.15, -0.1) is 0 Å². The Morgan fingerprint density at radius 1 is 1.28 bits per heavy atom. The number of hydrogen-bond donors (Lipinski definition) is 1. The molecule has 0 aliphatic rings. The summed E-state index contributed by atoms with van der Waals surface area (Å²) >= 11 is 0. The van der Waals surface area contributed by atoms with Crippen LogP contribution in [0.25, 0.3) is 0 Å². The van der Waals surface area contributed by atoms with E-state index in [0.29, 0.717) is 0 Å². The van der Waals surface area contributed by atoms with Crippen LogP contribution in [0.5, 0.6) is 0 Å². The molecule has 0 fully saturated rings. The Labute approximate surface area is 108 Å². The second-order valence-electron chi connectivity index (χ2n) is 4.61. The van der Waals surface area contributed by atoms with Gasteiger partial charge >= 0.3 is 0 Å². The normalized spacial score (nSPS) is 11.1. The third kappa shape index (κ3) is 2.98. The number of hydrogen-bond acceptors (Lipinski definition) is 3. The fourth-order valence-electron chi connectivity index (χ4n) is 2.17. The molecule has 0 saturated carbocycles. The molecule has 0 aliphatic heterocycles. The van der Waals surface area contributed by atoms with Crippen LogP contribution in [0.15, 0.2) is 18.6 Å².